The van der Waals surface area contributed by atoms with Gasteiger partial charge >= 0.3 is 5.97 Å². The van der Waals surface area contributed by atoms with Crippen LogP contribution in [0.1, 0.15) is 17.3 Å². The summed E-state index contributed by atoms with van der Waals surface area (Å²) in [4.78, 5) is 44.2. The van der Waals surface area contributed by atoms with Gasteiger partial charge in [0.25, 0.3) is 5.56 Å². The van der Waals surface area contributed by atoms with Crippen LogP contribution in [0, 0.1) is 0 Å². The van der Waals surface area contributed by atoms with Gasteiger partial charge in [-0.25, -0.2) is 14.5 Å². The number of aromatic nitrogens is 4. The third-order valence-electron chi connectivity index (χ3n) is 4.52. The van der Waals surface area contributed by atoms with Crippen LogP contribution >= 0.6 is 23.4 Å². The topological polar surface area (TPSA) is 119 Å². The molecule has 2 aromatic carbocycles. The molecule has 0 radical (unpaired) electrons. The maximum Gasteiger partial charge on any atom is 0.340 e. The van der Waals surface area contributed by atoms with Gasteiger partial charge in [0.15, 0.2) is 10.8 Å². The number of nitrogens with one attached hydrogen (secondary N) is 2. The molecule has 0 saturated carbocycles. The number of aromatic amines is 1. The zero-order chi connectivity index (χ0) is 23.4. The van der Waals surface area contributed by atoms with Crippen molar-refractivity contribution in [3.8, 4) is 5.69 Å². The van der Waals surface area contributed by atoms with Crippen LogP contribution in [0.25, 0.3) is 16.7 Å². The number of H-pyrrole nitrogens is 1. The number of amides is 1. The van der Waals surface area contributed by atoms with Gasteiger partial charge in [-0.3, -0.25) is 9.59 Å². The van der Waals surface area contributed by atoms with E-state index in [0.29, 0.717) is 27.4 Å². The number of carbonyl (C=O) groups is 2. The Morgan fingerprint density at radius 2 is 1.94 bits per heavy atom. The fraction of sp³-hybridized carbons (Fsp3) is 0.136. The average molecular weight is 484 g/mol. The number of para-hydroxylation sites is 1. The molecule has 11 heteroatoms. The summed E-state index contributed by atoms with van der Waals surface area (Å²) in [6, 6.07) is 13.5. The van der Waals surface area contributed by atoms with Crippen molar-refractivity contribution in [2.24, 2.45) is 0 Å². The molecule has 33 heavy (non-hydrogen) atoms. The predicted molar refractivity (Wildman–Crippen MR) is 126 cm³/mol. The van der Waals surface area contributed by atoms with Crippen molar-refractivity contribution in [2.75, 3.05) is 17.7 Å². The highest BCUT2D eigenvalue weighted by Gasteiger charge is 2.16. The van der Waals surface area contributed by atoms with Crippen molar-refractivity contribution < 1.29 is 14.3 Å². The van der Waals surface area contributed by atoms with E-state index >= 15 is 0 Å². The van der Waals surface area contributed by atoms with Gasteiger partial charge in [-0.15, -0.1) is 0 Å². The molecule has 0 fully saturated rings. The lowest BCUT2D eigenvalue weighted by Gasteiger charge is -2.10. The number of anilines is 1. The van der Waals surface area contributed by atoms with E-state index in [4.69, 9.17) is 16.3 Å². The minimum absolute atomic E-state index is 0.0410. The van der Waals surface area contributed by atoms with E-state index in [1.54, 1.807) is 55.5 Å². The van der Waals surface area contributed by atoms with Crippen molar-refractivity contribution >= 4 is 52.0 Å². The summed E-state index contributed by atoms with van der Waals surface area (Å²) in [6.07, 6.45) is 1.43. The number of halogens is 1. The Balaban J connectivity index is 1.52. The summed E-state index contributed by atoms with van der Waals surface area (Å²) < 4.78 is 6.55. The van der Waals surface area contributed by atoms with Gasteiger partial charge in [0.1, 0.15) is 5.39 Å². The lowest BCUT2D eigenvalue weighted by atomic mass is 10.2. The second-order valence-corrected chi connectivity index (χ2v) is 8.14. The number of hydrogen-bond acceptors (Lipinski definition) is 7. The smallest absolute Gasteiger partial charge is 0.340 e. The van der Waals surface area contributed by atoms with Crippen LogP contribution in [-0.4, -0.2) is 44.0 Å². The molecular weight excluding hydrogens is 466 g/mol. The average Bonchev–Trinajstić information content (AvgIpc) is 3.23. The van der Waals surface area contributed by atoms with E-state index in [9.17, 15) is 14.4 Å². The molecule has 9 nitrogen and oxygen atoms in total. The van der Waals surface area contributed by atoms with Crippen molar-refractivity contribution in [2.45, 2.75) is 12.1 Å². The molecule has 168 valence electrons. The Labute approximate surface area is 197 Å². The third-order valence-corrected chi connectivity index (χ3v) is 5.65. The first-order valence-corrected chi connectivity index (χ1v) is 11.3. The van der Waals surface area contributed by atoms with Gasteiger partial charge in [-0.2, -0.15) is 5.10 Å². The van der Waals surface area contributed by atoms with Crippen molar-refractivity contribution in [3.05, 3.63) is 75.7 Å². The Kier molecular flexibility index (Phi) is 6.76. The second-order valence-electron chi connectivity index (χ2n) is 6.74. The molecule has 0 aliphatic carbocycles. The number of ether oxygens (including phenoxy) is 1. The predicted octanol–water partition coefficient (Wildman–Crippen LogP) is 3.67. The fourth-order valence-electron chi connectivity index (χ4n) is 3.04. The maximum atomic E-state index is 12.5. The summed E-state index contributed by atoms with van der Waals surface area (Å²) in [5.41, 5.74) is 1.29. The zero-order valence-corrected chi connectivity index (χ0v) is 18.9. The fourth-order valence-corrected chi connectivity index (χ4v) is 3.82. The molecule has 1 amide bonds. The minimum atomic E-state index is -0.520. The third kappa shape index (κ3) is 5.07. The molecule has 2 heterocycles. The van der Waals surface area contributed by atoms with Crippen molar-refractivity contribution in [1.82, 2.24) is 19.7 Å². The van der Waals surface area contributed by atoms with Crippen LogP contribution in [0.15, 0.2) is 64.7 Å². The first-order valence-electron chi connectivity index (χ1n) is 9.89. The monoisotopic (exact) mass is 483 g/mol. The quantitative estimate of drug-likeness (QED) is 0.234. The SMILES string of the molecule is CCOC(=O)c1ccccc1NC(=O)CSc1nc2c(cnn2-c2ccc(Cl)cc2)c(=O)[nH]1. The molecule has 0 saturated heterocycles. The van der Waals surface area contributed by atoms with Crippen LogP contribution < -0.4 is 10.9 Å². The highest BCUT2D eigenvalue weighted by atomic mass is 35.5. The molecular formula is C22H18ClN5O4S. The molecule has 0 spiro atoms. The summed E-state index contributed by atoms with van der Waals surface area (Å²) in [6.45, 7) is 1.93. The molecule has 4 rings (SSSR count). The summed E-state index contributed by atoms with van der Waals surface area (Å²) in [5.74, 6) is -0.931. The normalized spacial score (nSPS) is 10.8. The first kappa shape index (κ1) is 22.6. The van der Waals surface area contributed by atoms with E-state index in [1.807, 2.05) is 0 Å². The van der Waals surface area contributed by atoms with E-state index in [-0.39, 0.29) is 34.5 Å². The number of benzene rings is 2. The number of hydrogen-bond donors (Lipinski definition) is 2. The first-order chi connectivity index (χ1) is 16.0. The molecule has 0 unspecified atom stereocenters. The Hall–Kier alpha value is -3.63. The van der Waals surface area contributed by atoms with Crippen LogP contribution in [0.5, 0.6) is 0 Å². The lowest BCUT2D eigenvalue weighted by molar-refractivity contribution is -0.113. The number of thioether (sulfide) groups is 1. The largest absolute Gasteiger partial charge is 0.462 e. The van der Waals surface area contributed by atoms with E-state index in [1.165, 1.54) is 10.9 Å². The number of carbonyl (C=O) groups excluding carboxylic acids is 2. The van der Waals surface area contributed by atoms with Gasteiger partial charge in [0, 0.05) is 5.02 Å². The van der Waals surface area contributed by atoms with Gasteiger partial charge < -0.3 is 15.0 Å². The van der Waals surface area contributed by atoms with Crippen LogP contribution in [-0.2, 0) is 9.53 Å². The van der Waals surface area contributed by atoms with Gasteiger partial charge in [0.05, 0.1) is 35.5 Å². The van der Waals surface area contributed by atoms with Crippen LogP contribution in [0.4, 0.5) is 5.69 Å². The highest BCUT2D eigenvalue weighted by Crippen LogP contribution is 2.21. The van der Waals surface area contributed by atoms with Gasteiger partial charge in [0.2, 0.25) is 5.91 Å². The Morgan fingerprint density at radius 1 is 1.18 bits per heavy atom. The van der Waals surface area contributed by atoms with Crippen molar-refractivity contribution in [3.63, 3.8) is 0 Å². The van der Waals surface area contributed by atoms with Crippen LogP contribution in [0.2, 0.25) is 5.02 Å². The minimum Gasteiger partial charge on any atom is -0.462 e. The molecule has 2 aromatic heterocycles. The maximum absolute atomic E-state index is 12.5. The van der Waals surface area contributed by atoms with Crippen molar-refractivity contribution in [1.29, 1.82) is 0 Å². The number of esters is 1. The number of fused-ring (bicyclic) bond motifs is 1. The molecule has 0 bridgehead atoms. The molecule has 0 aliphatic heterocycles. The Morgan fingerprint density at radius 3 is 2.70 bits per heavy atom. The zero-order valence-electron chi connectivity index (χ0n) is 17.4. The standard InChI is InChI=1S/C22H18ClN5O4S/c1-2-32-21(31)15-5-3-4-6-17(15)25-18(29)12-33-22-26-19-16(20(30)27-22)11-24-28(19)14-9-7-13(23)8-10-14/h3-11H,2,12H2,1H3,(H,25,29)(H,26,27,30). The van der Waals surface area contributed by atoms with Gasteiger partial charge in [-0.1, -0.05) is 35.5 Å². The van der Waals surface area contributed by atoms with Gasteiger partial charge in [-0.05, 0) is 43.3 Å². The summed E-state index contributed by atoms with van der Waals surface area (Å²) >= 11 is 7.00. The highest BCUT2D eigenvalue weighted by molar-refractivity contribution is 7.99. The van der Waals surface area contributed by atoms with Crippen LogP contribution in [0.3, 0.4) is 0 Å². The molecule has 4 aromatic rings. The molecule has 2 N–H and O–H groups in total. The van der Waals surface area contributed by atoms with E-state index in [0.717, 1.165) is 11.8 Å². The number of nitrogens with zero attached hydrogens (tertiary/aromatic N) is 3. The molecule has 0 aliphatic rings. The van der Waals surface area contributed by atoms with E-state index < -0.39 is 5.97 Å². The van der Waals surface area contributed by atoms with E-state index in [2.05, 4.69) is 20.4 Å². The Bertz CT molecular complexity index is 1380. The number of rotatable bonds is 7. The molecule has 0 atom stereocenters. The summed E-state index contributed by atoms with van der Waals surface area (Å²) in [7, 11) is 0. The summed E-state index contributed by atoms with van der Waals surface area (Å²) in [5, 5.41) is 8.11. The second kappa shape index (κ2) is 9.88. The lowest BCUT2D eigenvalue weighted by Crippen LogP contribution is -2.18.